The SMILES string of the molecule is CC(CSc1nn([C@@H]2O[C@H](CO[Si](C(C)C)(C(C)C)C(C)C)[C@H]3CC(C)(C)O[C@H]32)c2ncnc(N)c12)O[C@@H]1CCCCO1. The highest BCUT2D eigenvalue weighted by Crippen LogP contribution is 2.50. The molecule has 6 atom stereocenters. The van der Waals surface area contributed by atoms with E-state index in [1.165, 1.54) is 6.33 Å². The predicted molar refractivity (Wildman–Crippen MR) is 173 cm³/mol. The van der Waals surface area contributed by atoms with Gasteiger partial charge in [-0.3, -0.25) is 0 Å². The molecular weight excluding hydrogens is 583 g/mol. The molecule has 0 spiro atoms. The summed E-state index contributed by atoms with van der Waals surface area (Å²) in [5.74, 6) is 1.30. The number of thioether (sulfide) groups is 1. The van der Waals surface area contributed by atoms with Gasteiger partial charge < -0.3 is 29.1 Å². The lowest BCUT2D eigenvalue weighted by molar-refractivity contribution is -0.179. The van der Waals surface area contributed by atoms with E-state index in [1.807, 2.05) is 4.68 Å². The number of nitrogen functional groups attached to an aromatic ring is 1. The molecular formula is C31H53N5O5SSi. The third kappa shape index (κ3) is 6.66. The van der Waals surface area contributed by atoms with Gasteiger partial charge in [-0.1, -0.05) is 41.5 Å². The topological polar surface area (TPSA) is 116 Å². The fourth-order valence-electron chi connectivity index (χ4n) is 7.80. The van der Waals surface area contributed by atoms with Crippen LogP contribution in [0.2, 0.25) is 16.6 Å². The van der Waals surface area contributed by atoms with Gasteiger partial charge in [0.05, 0.1) is 29.8 Å². The molecule has 12 heteroatoms. The number of anilines is 1. The van der Waals surface area contributed by atoms with Crippen LogP contribution in [0.15, 0.2) is 11.4 Å². The maximum Gasteiger partial charge on any atom is 0.200 e. The molecule has 43 heavy (non-hydrogen) atoms. The Morgan fingerprint density at radius 2 is 1.81 bits per heavy atom. The van der Waals surface area contributed by atoms with Gasteiger partial charge >= 0.3 is 0 Å². The van der Waals surface area contributed by atoms with Gasteiger partial charge in [0.15, 0.2) is 26.5 Å². The molecule has 0 aromatic carbocycles. The van der Waals surface area contributed by atoms with Gasteiger partial charge in [0.1, 0.15) is 23.3 Å². The van der Waals surface area contributed by atoms with Crippen LogP contribution in [0.5, 0.6) is 0 Å². The van der Waals surface area contributed by atoms with Crippen molar-refractivity contribution in [1.82, 2.24) is 19.7 Å². The Bertz CT molecular complexity index is 1210. The highest BCUT2D eigenvalue weighted by Gasteiger charge is 2.56. The standard InChI is InChI=1S/C31H53N5O5SSi/c1-18(2)43(19(3)4,20(5)6)38-15-23-22-14-31(8,9)41-26(22)30(40-23)36-28-25(27(32)33-17-34-28)29(35-36)42-16-21(7)39-24-12-10-11-13-37-24/h17-24,26,30H,10-16H2,1-9H3,(H2,32,33,34)/t21?,22-,23-,24-,26-,30-/m1/s1. The fourth-order valence-corrected chi connectivity index (χ4v) is 14.2. The molecule has 0 aliphatic carbocycles. The highest BCUT2D eigenvalue weighted by atomic mass is 32.2. The van der Waals surface area contributed by atoms with E-state index in [9.17, 15) is 0 Å². The maximum atomic E-state index is 7.05. The molecule has 0 amide bonds. The van der Waals surface area contributed by atoms with Gasteiger partial charge in [-0.05, 0) is 63.1 Å². The van der Waals surface area contributed by atoms with E-state index in [1.54, 1.807) is 11.8 Å². The molecule has 2 N–H and O–H groups in total. The lowest BCUT2D eigenvalue weighted by Gasteiger charge is -2.43. The molecule has 1 unspecified atom stereocenters. The van der Waals surface area contributed by atoms with E-state index in [-0.39, 0.29) is 36.1 Å². The van der Waals surface area contributed by atoms with E-state index in [0.29, 0.717) is 40.4 Å². The summed E-state index contributed by atoms with van der Waals surface area (Å²) in [6, 6.07) is 0. The second-order valence-corrected chi connectivity index (χ2v) is 20.6. The van der Waals surface area contributed by atoms with Gasteiger partial charge in [0.2, 0.25) is 0 Å². The molecule has 3 aliphatic rings. The predicted octanol–water partition coefficient (Wildman–Crippen LogP) is 6.71. The number of rotatable bonds is 12. The summed E-state index contributed by atoms with van der Waals surface area (Å²) in [6.07, 6.45) is 4.71. The van der Waals surface area contributed by atoms with E-state index >= 15 is 0 Å². The molecule has 0 bridgehead atoms. The Hall–Kier alpha value is -1.28. The van der Waals surface area contributed by atoms with E-state index in [0.717, 1.165) is 42.7 Å². The lowest BCUT2D eigenvalue weighted by atomic mass is 9.91. The molecule has 0 radical (unpaired) electrons. The van der Waals surface area contributed by atoms with Crippen molar-refractivity contribution in [1.29, 1.82) is 0 Å². The van der Waals surface area contributed by atoms with Crippen molar-refractivity contribution in [2.75, 3.05) is 24.7 Å². The average molecular weight is 636 g/mol. The maximum absolute atomic E-state index is 7.05. The van der Waals surface area contributed by atoms with Gasteiger partial charge in [-0.25, -0.2) is 14.6 Å². The molecule has 5 heterocycles. The lowest BCUT2D eigenvalue weighted by Crippen LogP contribution is -2.49. The van der Waals surface area contributed by atoms with Crippen LogP contribution < -0.4 is 5.73 Å². The third-order valence-corrected chi connectivity index (χ3v) is 16.9. The molecule has 10 nitrogen and oxygen atoms in total. The Balaban J connectivity index is 1.39. The Labute approximate surface area is 262 Å². The monoisotopic (exact) mass is 635 g/mol. The molecule has 2 aromatic heterocycles. The minimum Gasteiger partial charge on any atom is -0.413 e. The molecule has 3 aliphatic heterocycles. The second-order valence-electron chi connectivity index (χ2n) is 14.2. The van der Waals surface area contributed by atoms with Crippen molar-refractivity contribution < 1.29 is 23.4 Å². The summed E-state index contributed by atoms with van der Waals surface area (Å²) >= 11 is 1.60. The summed E-state index contributed by atoms with van der Waals surface area (Å²) in [4.78, 5) is 8.94. The van der Waals surface area contributed by atoms with Crippen molar-refractivity contribution in [3.63, 3.8) is 0 Å². The zero-order chi connectivity index (χ0) is 31.1. The molecule has 3 saturated heterocycles. The van der Waals surface area contributed by atoms with Crippen molar-refractivity contribution in [2.24, 2.45) is 5.92 Å². The van der Waals surface area contributed by atoms with E-state index in [2.05, 4.69) is 72.3 Å². The van der Waals surface area contributed by atoms with Crippen LogP contribution >= 0.6 is 11.8 Å². The van der Waals surface area contributed by atoms with Crippen molar-refractivity contribution in [3.8, 4) is 0 Å². The zero-order valence-corrected chi connectivity index (χ0v) is 29.4. The molecule has 2 aromatic rings. The zero-order valence-electron chi connectivity index (χ0n) is 27.5. The highest BCUT2D eigenvalue weighted by molar-refractivity contribution is 7.99. The van der Waals surface area contributed by atoms with Crippen LogP contribution in [-0.4, -0.2) is 77.2 Å². The number of nitrogens with two attached hydrogens (primary N) is 1. The summed E-state index contributed by atoms with van der Waals surface area (Å²) in [5.41, 5.74) is 8.33. The van der Waals surface area contributed by atoms with Gasteiger partial charge in [0.25, 0.3) is 0 Å². The number of aromatic nitrogens is 4. The second kappa shape index (κ2) is 13.2. The van der Waals surface area contributed by atoms with Crippen LogP contribution in [0.1, 0.15) is 94.2 Å². The van der Waals surface area contributed by atoms with Crippen LogP contribution in [0.4, 0.5) is 5.82 Å². The normalized spacial score (nSPS) is 28.4. The number of hydrogen-bond donors (Lipinski definition) is 1. The van der Waals surface area contributed by atoms with Crippen molar-refractivity contribution >= 4 is 36.9 Å². The minimum absolute atomic E-state index is 0.0148. The van der Waals surface area contributed by atoms with Gasteiger partial charge in [0, 0.05) is 18.3 Å². The van der Waals surface area contributed by atoms with Crippen molar-refractivity contribution in [3.05, 3.63) is 6.33 Å². The summed E-state index contributed by atoms with van der Waals surface area (Å²) in [6.45, 7) is 21.7. The largest absolute Gasteiger partial charge is 0.413 e. The first-order chi connectivity index (χ1) is 20.3. The number of ether oxygens (including phenoxy) is 4. The summed E-state index contributed by atoms with van der Waals surface area (Å²) in [7, 11) is -2.07. The molecule has 0 saturated carbocycles. The summed E-state index contributed by atoms with van der Waals surface area (Å²) < 4.78 is 34.4. The minimum atomic E-state index is -2.07. The van der Waals surface area contributed by atoms with Gasteiger partial charge in [-0.2, -0.15) is 5.10 Å². The van der Waals surface area contributed by atoms with Crippen LogP contribution in [-0.2, 0) is 23.4 Å². The number of hydrogen-bond acceptors (Lipinski definition) is 10. The van der Waals surface area contributed by atoms with Crippen molar-refractivity contribution in [2.45, 2.75) is 146 Å². The Kier molecular flexibility index (Phi) is 10.2. The Morgan fingerprint density at radius 3 is 2.47 bits per heavy atom. The van der Waals surface area contributed by atoms with Crippen LogP contribution in [0.25, 0.3) is 11.0 Å². The van der Waals surface area contributed by atoms with E-state index < -0.39 is 14.5 Å². The smallest absolute Gasteiger partial charge is 0.200 e. The van der Waals surface area contributed by atoms with Crippen LogP contribution in [0.3, 0.4) is 0 Å². The Morgan fingerprint density at radius 1 is 1.09 bits per heavy atom. The number of fused-ring (bicyclic) bond motifs is 2. The van der Waals surface area contributed by atoms with Gasteiger partial charge in [-0.15, -0.1) is 11.8 Å². The molecule has 5 rings (SSSR count). The average Bonchev–Trinajstić information content (AvgIpc) is 3.57. The molecule has 242 valence electrons. The molecule has 3 fully saturated rings. The first kappa shape index (κ1) is 33.1. The van der Waals surface area contributed by atoms with E-state index in [4.69, 9.17) is 34.2 Å². The fraction of sp³-hybridized carbons (Fsp3) is 0.839. The quantitative estimate of drug-likeness (QED) is 0.199. The number of nitrogens with zero attached hydrogens (tertiary/aromatic N) is 4. The third-order valence-electron chi connectivity index (χ3n) is 9.59. The van der Waals surface area contributed by atoms with Crippen LogP contribution in [0, 0.1) is 5.92 Å². The first-order valence-corrected chi connectivity index (χ1v) is 19.3. The first-order valence-electron chi connectivity index (χ1n) is 16.2. The summed E-state index contributed by atoms with van der Waals surface area (Å²) in [5, 5.41) is 6.58.